The number of esters is 1. The Bertz CT molecular complexity index is 598. The molecule has 0 bridgehead atoms. The highest BCUT2D eigenvalue weighted by atomic mass is 32.1. The van der Waals surface area contributed by atoms with Crippen LogP contribution >= 0.6 is 11.3 Å². The second-order valence-electron chi connectivity index (χ2n) is 5.52. The fourth-order valence-electron chi connectivity index (χ4n) is 2.36. The number of carbonyl (C=O) groups excluding carboxylic acids is 1. The summed E-state index contributed by atoms with van der Waals surface area (Å²) in [4.78, 5) is 18.2. The van der Waals surface area contributed by atoms with Crippen molar-refractivity contribution in [2.45, 2.75) is 19.9 Å². The van der Waals surface area contributed by atoms with Crippen LogP contribution in [0.1, 0.15) is 23.2 Å². The fraction of sp³-hybridized carbons (Fsp3) is 0.412. The molecule has 0 N–H and O–H groups in total. The number of methoxy groups -OCH3 is 1. The molecule has 0 aliphatic carbocycles. The number of thiazole rings is 1. The summed E-state index contributed by atoms with van der Waals surface area (Å²) >= 11 is 1.69. The molecule has 118 valence electrons. The van der Waals surface area contributed by atoms with Crippen LogP contribution in [0.4, 0.5) is 0 Å². The zero-order valence-electron chi connectivity index (χ0n) is 13.3. The molecule has 0 saturated carbocycles. The molecule has 2 aromatic rings. The average molecular weight is 318 g/mol. The molecule has 0 saturated heterocycles. The quantitative estimate of drug-likeness (QED) is 0.736. The number of hydrogen-bond donors (Lipinski definition) is 0. The molecule has 0 fully saturated rings. The fourth-order valence-corrected chi connectivity index (χ4v) is 3.18. The van der Waals surface area contributed by atoms with E-state index in [0.717, 1.165) is 23.7 Å². The maximum Gasteiger partial charge on any atom is 0.309 e. The zero-order valence-corrected chi connectivity index (χ0v) is 14.1. The minimum Gasteiger partial charge on any atom is -0.469 e. The van der Waals surface area contributed by atoms with Crippen LogP contribution in [0.5, 0.6) is 0 Å². The molecular formula is C17H22N2O2S. The summed E-state index contributed by atoms with van der Waals surface area (Å²) < 4.78 is 4.75. The SMILES string of the molecule is COC(=O)C(C)CN(C)Cc1csc(Cc2ccccc2)n1. The molecule has 0 amide bonds. The maximum absolute atomic E-state index is 11.4. The van der Waals surface area contributed by atoms with E-state index in [1.165, 1.54) is 12.7 Å². The van der Waals surface area contributed by atoms with E-state index in [1.54, 1.807) is 11.3 Å². The van der Waals surface area contributed by atoms with Crippen LogP contribution in [0.25, 0.3) is 0 Å². The van der Waals surface area contributed by atoms with Gasteiger partial charge in [-0.2, -0.15) is 0 Å². The predicted octanol–water partition coefficient (Wildman–Crippen LogP) is 2.97. The maximum atomic E-state index is 11.4. The lowest BCUT2D eigenvalue weighted by atomic mass is 10.1. The average Bonchev–Trinajstić information content (AvgIpc) is 2.94. The molecule has 4 nitrogen and oxygen atoms in total. The summed E-state index contributed by atoms with van der Waals surface area (Å²) in [7, 11) is 3.42. The van der Waals surface area contributed by atoms with Crippen molar-refractivity contribution in [3.63, 3.8) is 0 Å². The number of aromatic nitrogens is 1. The van der Waals surface area contributed by atoms with Gasteiger partial charge in [0.15, 0.2) is 0 Å². The van der Waals surface area contributed by atoms with Crippen LogP contribution in [0.3, 0.4) is 0 Å². The van der Waals surface area contributed by atoms with Crippen molar-refractivity contribution in [3.8, 4) is 0 Å². The van der Waals surface area contributed by atoms with E-state index in [4.69, 9.17) is 4.74 Å². The summed E-state index contributed by atoms with van der Waals surface area (Å²) in [5, 5.41) is 3.22. The Morgan fingerprint density at radius 2 is 2.09 bits per heavy atom. The smallest absolute Gasteiger partial charge is 0.309 e. The standard InChI is InChI=1S/C17H22N2O2S/c1-13(17(20)21-3)10-19(2)11-15-12-22-16(18-15)9-14-7-5-4-6-8-14/h4-8,12-13H,9-11H2,1-3H3. The van der Waals surface area contributed by atoms with Crippen LogP contribution in [-0.2, 0) is 22.5 Å². The summed E-state index contributed by atoms with van der Waals surface area (Å²) in [6, 6.07) is 10.3. The van der Waals surface area contributed by atoms with Gasteiger partial charge in [-0.25, -0.2) is 4.98 Å². The highest BCUT2D eigenvalue weighted by Gasteiger charge is 2.16. The van der Waals surface area contributed by atoms with E-state index in [2.05, 4.69) is 27.4 Å². The molecule has 1 atom stereocenters. The van der Waals surface area contributed by atoms with Crippen molar-refractivity contribution in [2.24, 2.45) is 5.92 Å². The molecule has 0 aliphatic heterocycles. The summed E-state index contributed by atoms with van der Waals surface area (Å²) in [5.41, 5.74) is 2.33. The van der Waals surface area contributed by atoms with Crippen molar-refractivity contribution < 1.29 is 9.53 Å². The molecule has 1 aromatic heterocycles. The number of ether oxygens (including phenoxy) is 1. The Morgan fingerprint density at radius 3 is 2.77 bits per heavy atom. The summed E-state index contributed by atoms with van der Waals surface area (Å²) in [6.45, 7) is 3.29. The number of nitrogens with zero attached hydrogens (tertiary/aromatic N) is 2. The summed E-state index contributed by atoms with van der Waals surface area (Å²) in [6.07, 6.45) is 0.869. The van der Waals surface area contributed by atoms with E-state index in [-0.39, 0.29) is 11.9 Å². The van der Waals surface area contributed by atoms with Crippen molar-refractivity contribution in [1.82, 2.24) is 9.88 Å². The largest absolute Gasteiger partial charge is 0.469 e. The van der Waals surface area contributed by atoms with Crippen LogP contribution in [0.2, 0.25) is 0 Å². The molecule has 2 rings (SSSR count). The minimum atomic E-state index is -0.171. The van der Waals surface area contributed by atoms with Gasteiger partial charge in [0.1, 0.15) is 0 Å². The third kappa shape index (κ3) is 4.93. The van der Waals surface area contributed by atoms with Gasteiger partial charge in [0.25, 0.3) is 0 Å². The van der Waals surface area contributed by atoms with E-state index in [0.29, 0.717) is 6.54 Å². The van der Waals surface area contributed by atoms with Gasteiger partial charge in [-0.05, 0) is 12.6 Å². The first-order valence-corrected chi connectivity index (χ1v) is 8.20. The van der Waals surface area contributed by atoms with Crippen molar-refractivity contribution in [2.75, 3.05) is 20.7 Å². The number of carbonyl (C=O) groups is 1. The molecule has 1 aromatic carbocycles. The topological polar surface area (TPSA) is 42.4 Å². The lowest BCUT2D eigenvalue weighted by Crippen LogP contribution is -2.29. The normalized spacial score (nSPS) is 12.4. The van der Waals surface area contributed by atoms with Gasteiger partial charge in [-0.3, -0.25) is 9.69 Å². The highest BCUT2D eigenvalue weighted by molar-refractivity contribution is 7.09. The molecule has 0 spiro atoms. The molecule has 0 radical (unpaired) electrons. The lowest BCUT2D eigenvalue weighted by molar-refractivity contribution is -0.145. The third-order valence-corrected chi connectivity index (χ3v) is 4.32. The number of benzene rings is 1. The molecule has 22 heavy (non-hydrogen) atoms. The van der Waals surface area contributed by atoms with E-state index < -0.39 is 0 Å². The van der Waals surface area contributed by atoms with Crippen molar-refractivity contribution in [3.05, 3.63) is 52.0 Å². The Balaban J connectivity index is 1.87. The highest BCUT2D eigenvalue weighted by Crippen LogP contribution is 2.16. The van der Waals surface area contributed by atoms with Crippen LogP contribution in [0.15, 0.2) is 35.7 Å². The van der Waals surface area contributed by atoms with Crippen LogP contribution in [-0.4, -0.2) is 36.6 Å². The first-order valence-electron chi connectivity index (χ1n) is 7.32. The van der Waals surface area contributed by atoms with E-state index in [9.17, 15) is 4.79 Å². The van der Waals surface area contributed by atoms with E-state index >= 15 is 0 Å². The van der Waals surface area contributed by atoms with Gasteiger partial charge < -0.3 is 4.74 Å². The van der Waals surface area contributed by atoms with Crippen molar-refractivity contribution >= 4 is 17.3 Å². The lowest BCUT2D eigenvalue weighted by Gasteiger charge is -2.18. The van der Waals surface area contributed by atoms with Crippen molar-refractivity contribution in [1.29, 1.82) is 0 Å². The molecule has 5 heteroatoms. The van der Waals surface area contributed by atoms with E-state index in [1.807, 2.05) is 32.2 Å². The first-order chi connectivity index (χ1) is 10.6. The van der Waals surface area contributed by atoms with Crippen LogP contribution < -0.4 is 0 Å². The number of rotatable bonds is 7. The Kier molecular flexibility index (Phi) is 6.10. The second-order valence-corrected chi connectivity index (χ2v) is 6.46. The predicted molar refractivity (Wildman–Crippen MR) is 88.9 cm³/mol. The molecule has 1 unspecified atom stereocenters. The van der Waals surface area contributed by atoms with Gasteiger partial charge in [0.2, 0.25) is 0 Å². The Hall–Kier alpha value is -1.72. The molecular weight excluding hydrogens is 296 g/mol. The number of hydrogen-bond acceptors (Lipinski definition) is 5. The van der Waals surface area contributed by atoms with Gasteiger partial charge >= 0.3 is 5.97 Å². The van der Waals surface area contributed by atoms with Gasteiger partial charge in [-0.15, -0.1) is 11.3 Å². The minimum absolute atomic E-state index is 0.127. The van der Waals surface area contributed by atoms with Gasteiger partial charge in [-0.1, -0.05) is 37.3 Å². The third-order valence-electron chi connectivity index (χ3n) is 3.42. The molecule has 1 heterocycles. The zero-order chi connectivity index (χ0) is 15.9. The monoisotopic (exact) mass is 318 g/mol. The van der Waals surface area contributed by atoms with Crippen LogP contribution in [0, 0.1) is 5.92 Å². The molecule has 0 aliphatic rings. The Morgan fingerprint density at radius 1 is 1.36 bits per heavy atom. The first kappa shape index (κ1) is 16.6. The van der Waals surface area contributed by atoms with Gasteiger partial charge in [0, 0.05) is 24.9 Å². The Labute approximate surface area is 135 Å². The summed E-state index contributed by atoms with van der Waals surface area (Å²) in [5.74, 6) is -0.299. The second kappa shape index (κ2) is 8.06. The van der Waals surface area contributed by atoms with Gasteiger partial charge in [0.05, 0.1) is 23.7 Å².